The highest BCUT2D eigenvalue weighted by Gasteiger charge is 2.30. The standard InChI is InChI=1S/C18H35N/c1-15(2)17-9-7-16(8-10-17)13-18(3,4)14-19-11-5-6-12-19/h15-17H,5-14H2,1-4H3. The third kappa shape index (κ3) is 4.77. The molecule has 0 radical (unpaired) electrons. The zero-order valence-corrected chi connectivity index (χ0v) is 13.8. The van der Waals surface area contributed by atoms with Crippen molar-refractivity contribution in [1.82, 2.24) is 4.90 Å². The summed E-state index contributed by atoms with van der Waals surface area (Å²) in [5.74, 6) is 2.92. The first-order chi connectivity index (χ1) is 8.96. The number of hydrogen-bond donors (Lipinski definition) is 0. The highest BCUT2D eigenvalue weighted by Crippen LogP contribution is 2.39. The van der Waals surface area contributed by atoms with Crippen molar-refractivity contribution in [2.45, 2.75) is 72.6 Å². The van der Waals surface area contributed by atoms with Crippen LogP contribution in [0.15, 0.2) is 0 Å². The Morgan fingerprint density at radius 3 is 2.11 bits per heavy atom. The second-order valence-electron chi connectivity index (χ2n) is 8.38. The summed E-state index contributed by atoms with van der Waals surface area (Å²) in [5, 5.41) is 0. The van der Waals surface area contributed by atoms with Gasteiger partial charge in [0.1, 0.15) is 0 Å². The van der Waals surface area contributed by atoms with Crippen LogP contribution in [0.3, 0.4) is 0 Å². The van der Waals surface area contributed by atoms with E-state index in [1.54, 1.807) is 0 Å². The van der Waals surface area contributed by atoms with E-state index in [9.17, 15) is 0 Å². The smallest absolute Gasteiger partial charge is 0.00328 e. The highest BCUT2D eigenvalue weighted by atomic mass is 15.1. The first kappa shape index (κ1) is 15.4. The molecule has 0 N–H and O–H groups in total. The molecule has 0 atom stereocenters. The van der Waals surface area contributed by atoms with Crippen LogP contribution in [0.4, 0.5) is 0 Å². The predicted octanol–water partition coefficient (Wildman–Crippen LogP) is 4.96. The fourth-order valence-electron chi connectivity index (χ4n) is 4.45. The van der Waals surface area contributed by atoms with Crippen LogP contribution in [0.1, 0.15) is 72.6 Å². The summed E-state index contributed by atoms with van der Waals surface area (Å²) in [6.45, 7) is 13.8. The van der Waals surface area contributed by atoms with Gasteiger partial charge in [0.2, 0.25) is 0 Å². The van der Waals surface area contributed by atoms with Crippen molar-refractivity contribution in [3.05, 3.63) is 0 Å². The maximum Gasteiger partial charge on any atom is 0.00328 e. The summed E-state index contributed by atoms with van der Waals surface area (Å²) in [6, 6.07) is 0. The lowest BCUT2D eigenvalue weighted by Crippen LogP contribution is -2.34. The van der Waals surface area contributed by atoms with E-state index >= 15 is 0 Å². The van der Waals surface area contributed by atoms with E-state index in [1.165, 1.54) is 64.6 Å². The first-order valence-corrected chi connectivity index (χ1v) is 8.69. The van der Waals surface area contributed by atoms with E-state index in [2.05, 4.69) is 32.6 Å². The van der Waals surface area contributed by atoms with Crippen molar-refractivity contribution in [3.63, 3.8) is 0 Å². The topological polar surface area (TPSA) is 3.24 Å². The molecule has 1 aliphatic heterocycles. The molecule has 0 aromatic rings. The van der Waals surface area contributed by atoms with Crippen molar-refractivity contribution in [2.24, 2.45) is 23.2 Å². The lowest BCUT2D eigenvalue weighted by Gasteiger charge is -2.37. The average molecular weight is 265 g/mol. The van der Waals surface area contributed by atoms with E-state index in [0.29, 0.717) is 5.41 Å². The Kier molecular flexibility index (Phi) is 5.34. The lowest BCUT2D eigenvalue weighted by atomic mass is 9.71. The van der Waals surface area contributed by atoms with Gasteiger partial charge >= 0.3 is 0 Å². The third-order valence-corrected chi connectivity index (χ3v) is 5.53. The van der Waals surface area contributed by atoms with Crippen molar-refractivity contribution in [3.8, 4) is 0 Å². The molecule has 0 unspecified atom stereocenters. The lowest BCUT2D eigenvalue weighted by molar-refractivity contribution is 0.135. The van der Waals surface area contributed by atoms with Gasteiger partial charge in [-0.05, 0) is 68.4 Å². The SMILES string of the molecule is CC(C)C1CCC(CC(C)(C)CN2CCCC2)CC1. The summed E-state index contributed by atoms with van der Waals surface area (Å²) < 4.78 is 0. The molecule has 19 heavy (non-hydrogen) atoms. The van der Waals surface area contributed by atoms with Crippen LogP contribution in [0, 0.1) is 23.2 Å². The molecule has 0 aromatic carbocycles. The van der Waals surface area contributed by atoms with Crippen molar-refractivity contribution in [1.29, 1.82) is 0 Å². The molecule has 112 valence electrons. The van der Waals surface area contributed by atoms with Gasteiger partial charge in [-0.3, -0.25) is 0 Å². The fourth-order valence-corrected chi connectivity index (χ4v) is 4.45. The molecule has 2 fully saturated rings. The van der Waals surface area contributed by atoms with E-state index in [-0.39, 0.29) is 0 Å². The van der Waals surface area contributed by atoms with E-state index in [1.807, 2.05) is 0 Å². The van der Waals surface area contributed by atoms with Crippen molar-refractivity contribution < 1.29 is 0 Å². The molecular formula is C18H35N. The normalized spacial score (nSPS) is 30.2. The van der Waals surface area contributed by atoms with Crippen LogP contribution < -0.4 is 0 Å². The third-order valence-electron chi connectivity index (χ3n) is 5.53. The zero-order valence-electron chi connectivity index (χ0n) is 13.8. The summed E-state index contributed by atoms with van der Waals surface area (Å²) >= 11 is 0. The predicted molar refractivity (Wildman–Crippen MR) is 84.4 cm³/mol. The molecular weight excluding hydrogens is 230 g/mol. The summed E-state index contributed by atoms with van der Waals surface area (Å²) in [5.41, 5.74) is 0.527. The van der Waals surface area contributed by atoms with Gasteiger partial charge in [-0.25, -0.2) is 0 Å². The Labute approximate surface area is 121 Å². The number of likely N-dealkylation sites (tertiary alicyclic amines) is 1. The Balaban J connectivity index is 1.74. The number of nitrogens with zero attached hydrogens (tertiary/aromatic N) is 1. The van der Waals surface area contributed by atoms with Gasteiger partial charge in [0.25, 0.3) is 0 Å². The van der Waals surface area contributed by atoms with E-state index < -0.39 is 0 Å². The Bertz CT molecular complexity index is 255. The zero-order chi connectivity index (χ0) is 13.9. The summed E-state index contributed by atoms with van der Waals surface area (Å²) in [4.78, 5) is 2.69. The highest BCUT2D eigenvalue weighted by molar-refractivity contribution is 4.82. The fraction of sp³-hybridized carbons (Fsp3) is 1.00. The van der Waals surface area contributed by atoms with Crippen LogP contribution in [0.5, 0.6) is 0 Å². The van der Waals surface area contributed by atoms with Gasteiger partial charge in [0.05, 0.1) is 0 Å². The minimum absolute atomic E-state index is 0.527. The van der Waals surface area contributed by atoms with Crippen LogP contribution in [-0.2, 0) is 0 Å². The summed E-state index contributed by atoms with van der Waals surface area (Å²) in [7, 11) is 0. The van der Waals surface area contributed by atoms with Crippen LogP contribution in [0.25, 0.3) is 0 Å². The molecule has 1 nitrogen and oxygen atoms in total. The van der Waals surface area contributed by atoms with Gasteiger partial charge in [0, 0.05) is 6.54 Å². The Hall–Kier alpha value is -0.0400. The van der Waals surface area contributed by atoms with Gasteiger partial charge in [-0.2, -0.15) is 0 Å². The average Bonchev–Trinajstić information content (AvgIpc) is 2.81. The van der Waals surface area contributed by atoms with Crippen molar-refractivity contribution >= 4 is 0 Å². The number of hydrogen-bond acceptors (Lipinski definition) is 1. The molecule has 0 amide bonds. The molecule has 2 rings (SSSR count). The first-order valence-electron chi connectivity index (χ1n) is 8.69. The van der Waals surface area contributed by atoms with Crippen LogP contribution in [-0.4, -0.2) is 24.5 Å². The van der Waals surface area contributed by atoms with Crippen molar-refractivity contribution in [2.75, 3.05) is 19.6 Å². The molecule has 1 heterocycles. The molecule has 1 heteroatoms. The van der Waals surface area contributed by atoms with E-state index in [4.69, 9.17) is 0 Å². The second-order valence-corrected chi connectivity index (χ2v) is 8.38. The second kappa shape index (κ2) is 6.61. The monoisotopic (exact) mass is 265 g/mol. The van der Waals surface area contributed by atoms with Gasteiger partial charge < -0.3 is 4.90 Å². The number of rotatable bonds is 5. The molecule has 0 spiro atoms. The van der Waals surface area contributed by atoms with Gasteiger partial charge in [0.15, 0.2) is 0 Å². The van der Waals surface area contributed by atoms with E-state index in [0.717, 1.165) is 17.8 Å². The molecule has 0 aromatic heterocycles. The van der Waals surface area contributed by atoms with Crippen LogP contribution in [0.2, 0.25) is 0 Å². The Morgan fingerprint density at radius 2 is 1.58 bits per heavy atom. The van der Waals surface area contributed by atoms with Gasteiger partial charge in [-0.15, -0.1) is 0 Å². The minimum atomic E-state index is 0.527. The quantitative estimate of drug-likeness (QED) is 0.679. The molecule has 1 saturated heterocycles. The Morgan fingerprint density at radius 1 is 1.00 bits per heavy atom. The molecule has 2 aliphatic rings. The summed E-state index contributed by atoms with van der Waals surface area (Å²) in [6.07, 6.45) is 10.3. The maximum atomic E-state index is 2.69. The van der Waals surface area contributed by atoms with Gasteiger partial charge in [-0.1, -0.05) is 40.5 Å². The molecule has 0 bridgehead atoms. The molecule has 1 aliphatic carbocycles. The van der Waals surface area contributed by atoms with Crippen LogP contribution >= 0.6 is 0 Å². The molecule has 1 saturated carbocycles. The largest absolute Gasteiger partial charge is 0.303 e. The minimum Gasteiger partial charge on any atom is -0.303 e. The maximum absolute atomic E-state index is 2.69.